The number of nitrogens with zero attached hydrogens (tertiary/aromatic N) is 4. The molecule has 2 saturated carbocycles. The van der Waals surface area contributed by atoms with Crippen molar-refractivity contribution in [1.82, 2.24) is 14.9 Å². The summed E-state index contributed by atoms with van der Waals surface area (Å²) in [5, 5.41) is 5.38. The van der Waals surface area contributed by atoms with Crippen LogP contribution in [0.3, 0.4) is 0 Å². The monoisotopic (exact) mass is 633 g/mol. The molecule has 3 fully saturated rings. The van der Waals surface area contributed by atoms with Gasteiger partial charge in [-0.1, -0.05) is 47.3 Å². The molecule has 2 atom stereocenters. The van der Waals surface area contributed by atoms with E-state index in [0.29, 0.717) is 32.8 Å². The molecule has 1 unspecified atom stereocenters. The minimum absolute atomic E-state index is 0.202. The van der Waals surface area contributed by atoms with Crippen molar-refractivity contribution in [2.24, 2.45) is 10.4 Å². The molecule has 2 aromatic heterocycles. The molecule has 42 heavy (non-hydrogen) atoms. The molecule has 3 aromatic rings. The van der Waals surface area contributed by atoms with E-state index in [1.807, 2.05) is 36.4 Å². The number of hydrogen-bond donors (Lipinski definition) is 1. The van der Waals surface area contributed by atoms with Gasteiger partial charge in [-0.05, 0) is 48.1 Å². The van der Waals surface area contributed by atoms with Crippen molar-refractivity contribution >= 4 is 55.7 Å². The molecule has 2 aliphatic carbocycles. The number of aromatic nitrogens is 2. The molecule has 1 N–H and O–H groups in total. The maximum atomic E-state index is 13.5. The van der Waals surface area contributed by atoms with Gasteiger partial charge in [-0.2, -0.15) is 0 Å². The molecule has 1 saturated heterocycles. The topological polar surface area (TPSA) is 106 Å². The van der Waals surface area contributed by atoms with E-state index in [1.165, 1.54) is 0 Å². The number of morpholine rings is 1. The van der Waals surface area contributed by atoms with Crippen LogP contribution >= 0.6 is 15.9 Å². The first-order valence-electron chi connectivity index (χ1n) is 14.8. The number of ketones is 1. The Morgan fingerprint density at radius 1 is 1.12 bits per heavy atom. The Morgan fingerprint density at radius 2 is 1.88 bits per heavy atom. The van der Waals surface area contributed by atoms with Crippen molar-refractivity contribution < 1.29 is 19.1 Å². The van der Waals surface area contributed by atoms with E-state index in [2.05, 4.69) is 36.1 Å². The van der Waals surface area contributed by atoms with Crippen LogP contribution in [0.2, 0.25) is 0 Å². The highest BCUT2D eigenvalue weighted by atomic mass is 79.9. The standard InChI is InChI=1S/C32H36BrN5O4/c33-27-28(32(29(27)39)10-2-1-3-11-32)37-26(31(40)42-19-16-38-14-17-41-18-15-38)20-22-4-6-24(7-5-22)36-30-25-21-34-12-8-23(25)9-13-35-30/h4-9,12-13,21,26-27H,1-3,10-11,14-20H2,(H,35,36)/t26-,27?/m0/s1. The number of carbonyl (C=O) groups excluding carboxylic acids is 2. The predicted molar refractivity (Wildman–Crippen MR) is 166 cm³/mol. The van der Waals surface area contributed by atoms with Gasteiger partial charge in [0.2, 0.25) is 0 Å². The molecule has 1 aromatic carbocycles. The number of benzene rings is 1. The highest BCUT2D eigenvalue weighted by molar-refractivity contribution is 9.10. The lowest BCUT2D eigenvalue weighted by molar-refractivity contribution is -0.146. The first-order chi connectivity index (χ1) is 20.5. The number of rotatable bonds is 9. The molecule has 0 amide bonds. The van der Waals surface area contributed by atoms with Crippen LogP contribution in [0.1, 0.15) is 37.7 Å². The summed E-state index contributed by atoms with van der Waals surface area (Å²) < 4.78 is 11.2. The van der Waals surface area contributed by atoms with Gasteiger partial charge in [0.1, 0.15) is 17.3 Å². The number of ether oxygens (including phenoxy) is 2. The third-order valence-corrected chi connectivity index (χ3v) is 9.52. The van der Waals surface area contributed by atoms with Crippen molar-refractivity contribution in [3.8, 4) is 0 Å². The van der Waals surface area contributed by atoms with Crippen LogP contribution in [0.15, 0.2) is 60.0 Å². The number of alkyl halides is 1. The summed E-state index contributed by atoms with van der Waals surface area (Å²) in [6, 6.07) is 11.1. The Bertz CT molecular complexity index is 1450. The summed E-state index contributed by atoms with van der Waals surface area (Å²) in [7, 11) is 0. The van der Waals surface area contributed by atoms with E-state index in [-0.39, 0.29) is 11.8 Å². The van der Waals surface area contributed by atoms with Crippen LogP contribution in [-0.4, -0.2) is 82.7 Å². The van der Waals surface area contributed by atoms with Crippen molar-refractivity contribution in [3.63, 3.8) is 0 Å². The van der Waals surface area contributed by atoms with Crippen LogP contribution in [0.4, 0.5) is 11.5 Å². The highest BCUT2D eigenvalue weighted by Crippen LogP contribution is 2.49. The SMILES string of the molecule is O=C(OCCN1CCOCC1)[C@H](Cc1ccc(Nc2nccc3ccncc23)cc1)N=C1C(Br)C(=O)C12CCCCC2. The second-order valence-electron chi connectivity index (χ2n) is 11.3. The minimum atomic E-state index is -0.721. The molecule has 220 valence electrons. The number of nitrogens with one attached hydrogen (secondary N) is 1. The van der Waals surface area contributed by atoms with Crippen LogP contribution in [0.25, 0.3) is 10.8 Å². The molecule has 1 spiro atoms. The number of pyridine rings is 2. The van der Waals surface area contributed by atoms with Crippen molar-refractivity contribution in [2.45, 2.75) is 49.4 Å². The molecular formula is C32H36BrN5O4. The summed E-state index contributed by atoms with van der Waals surface area (Å²) in [5.74, 6) is 0.584. The van der Waals surface area contributed by atoms with Gasteiger partial charge in [-0.25, -0.2) is 9.78 Å². The third-order valence-electron chi connectivity index (χ3n) is 8.68. The first-order valence-corrected chi connectivity index (χ1v) is 15.7. The number of halogens is 1. The van der Waals surface area contributed by atoms with Crippen molar-refractivity contribution in [3.05, 3.63) is 60.6 Å². The smallest absolute Gasteiger partial charge is 0.331 e. The van der Waals surface area contributed by atoms with Gasteiger partial charge in [0.05, 0.1) is 18.6 Å². The number of aliphatic imine (C=N–C) groups is 1. The van der Waals surface area contributed by atoms with Gasteiger partial charge in [0, 0.05) is 61.4 Å². The summed E-state index contributed by atoms with van der Waals surface area (Å²) in [5.41, 5.74) is 2.13. The predicted octanol–water partition coefficient (Wildman–Crippen LogP) is 4.90. The molecule has 1 aliphatic heterocycles. The van der Waals surface area contributed by atoms with Gasteiger partial charge >= 0.3 is 5.97 Å². The number of fused-ring (bicyclic) bond motifs is 1. The van der Waals surface area contributed by atoms with E-state index in [9.17, 15) is 9.59 Å². The van der Waals surface area contributed by atoms with E-state index >= 15 is 0 Å². The van der Waals surface area contributed by atoms with E-state index in [4.69, 9.17) is 14.5 Å². The number of Topliss-reactive ketones (excluding diaryl/α,β-unsaturated/α-hetero) is 1. The quantitative estimate of drug-likeness (QED) is 0.262. The first kappa shape index (κ1) is 28.9. The lowest BCUT2D eigenvalue weighted by Gasteiger charge is -2.48. The Kier molecular flexibility index (Phi) is 8.92. The van der Waals surface area contributed by atoms with Gasteiger partial charge < -0.3 is 14.8 Å². The van der Waals surface area contributed by atoms with Crippen LogP contribution in [0.5, 0.6) is 0 Å². The minimum Gasteiger partial charge on any atom is -0.463 e. The second-order valence-corrected chi connectivity index (χ2v) is 12.2. The van der Waals surface area contributed by atoms with Crippen molar-refractivity contribution in [2.75, 3.05) is 44.8 Å². The zero-order chi connectivity index (χ0) is 28.9. The zero-order valence-electron chi connectivity index (χ0n) is 23.6. The fourth-order valence-corrected chi connectivity index (χ4v) is 7.24. The van der Waals surface area contributed by atoms with Crippen LogP contribution in [-0.2, 0) is 25.5 Å². The third kappa shape index (κ3) is 6.11. The van der Waals surface area contributed by atoms with E-state index < -0.39 is 16.3 Å². The Balaban J connectivity index is 1.18. The number of esters is 1. The largest absolute Gasteiger partial charge is 0.463 e. The second kappa shape index (κ2) is 13.0. The van der Waals surface area contributed by atoms with Gasteiger partial charge in [-0.15, -0.1) is 0 Å². The molecule has 3 aliphatic rings. The lowest BCUT2D eigenvalue weighted by Crippen LogP contribution is -2.61. The molecule has 3 heterocycles. The van der Waals surface area contributed by atoms with E-state index in [0.717, 1.165) is 78.7 Å². The fourth-order valence-electron chi connectivity index (χ4n) is 6.24. The summed E-state index contributed by atoms with van der Waals surface area (Å²) >= 11 is 3.56. The average Bonchev–Trinajstić information content (AvgIpc) is 3.04. The number of hydrogen-bond acceptors (Lipinski definition) is 9. The molecule has 9 nitrogen and oxygen atoms in total. The van der Waals surface area contributed by atoms with Crippen LogP contribution in [0, 0.1) is 5.41 Å². The molecule has 6 rings (SSSR count). The molecule has 0 bridgehead atoms. The van der Waals surface area contributed by atoms with Gasteiger partial charge in [-0.3, -0.25) is 19.7 Å². The Morgan fingerprint density at radius 3 is 2.67 bits per heavy atom. The van der Waals surface area contributed by atoms with Crippen molar-refractivity contribution in [1.29, 1.82) is 0 Å². The van der Waals surface area contributed by atoms with Gasteiger partial charge in [0.15, 0.2) is 11.8 Å². The summed E-state index contributed by atoms with van der Waals surface area (Å²) in [6.45, 7) is 4.04. The fraction of sp³-hybridized carbons (Fsp3) is 0.469. The summed E-state index contributed by atoms with van der Waals surface area (Å²) in [4.78, 5) is 42.0. The van der Waals surface area contributed by atoms with E-state index in [1.54, 1.807) is 18.6 Å². The van der Waals surface area contributed by atoms with Gasteiger partial charge in [0.25, 0.3) is 0 Å². The average molecular weight is 635 g/mol. The maximum Gasteiger partial charge on any atom is 0.331 e. The molecular weight excluding hydrogens is 598 g/mol. The molecule has 0 radical (unpaired) electrons. The maximum absolute atomic E-state index is 13.5. The molecule has 10 heteroatoms. The number of carbonyl (C=O) groups is 2. The summed E-state index contributed by atoms with van der Waals surface area (Å²) in [6.07, 6.45) is 10.5. The highest BCUT2D eigenvalue weighted by Gasteiger charge is 2.58. The lowest BCUT2D eigenvalue weighted by atomic mass is 9.58. The zero-order valence-corrected chi connectivity index (χ0v) is 25.2. The number of anilines is 2. The van der Waals surface area contributed by atoms with Crippen LogP contribution < -0.4 is 5.32 Å². The normalized spacial score (nSPS) is 22.2. The Labute approximate surface area is 254 Å². The Hall–Kier alpha value is -3.21.